The topological polar surface area (TPSA) is 155 Å². The first-order chi connectivity index (χ1) is 24.5. The van der Waals surface area contributed by atoms with Crippen LogP contribution in [-0.4, -0.2) is 76.8 Å². The lowest BCUT2D eigenvalue weighted by Crippen LogP contribution is -2.65. The first-order valence-electron chi connectivity index (χ1n) is 19.6. The number of rotatable bonds is 10. The summed E-state index contributed by atoms with van der Waals surface area (Å²) in [6.45, 7) is 20.7. The minimum atomic E-state index is -1.47. The Balaban J connectivity index is 1.44. The number of ether oxygens (including phenoxy) is 5. The number of fused-ring (bicyclic) bond motifs is 5. The highest BCUT2D eigenvalue weighted by Crippen LogP contribution is 2.75. The van der Waals surface area contributed by atoms with Crippen molar-refractivity contribution in [3.63, 3.8) is 0 Å². The van der Waals surface area contributed by atoms with Gasteiger partial charge in [-0.1, -0.05) is 46.3 Å². The Bertz CT molecular complexity index is 1510. The van der Waals surface area contributed by atoms with Gasteiger partial charge in [-0.3, -0.25) is 19.2 Å². The van der Waals surface area contributed by atoms with Gasteiger partial charge in [0.25, 0.3) is 0 Å². The maximum absolute atomic E-state index is 14.5. The number of hydrogen-bond acceptors (Lipinski definition) is 11. The lowest BCUT2D eigenvalue weighted by Gasteiger charge is -2.68. The molecule has 0 aromatic heterocycles. The summed E-state index contributed by atoms with van der Waals surface area (Å²) in [5.74, 6) is -1.08. The van der Waals surface area contributed by atoms with Gasteiger partial charge in [-0.05, 0) is 106 Å². The maximum atomic E-state index is 14.5. The van der Waals surface area contributed by atoms with Gasteiger partial charge in [0, 0.05) is 38.5 Å². The fourth-order valence-electron chi connectivity index (χ4n) is 11.8. The minimum absolute atomic E-state index is 0.0729. The van der Waals surface area contributed by atoms with Gasteiger partial charge in [0.15, 0.2) is 6.10 Å². The SMILES string of the molecule is CC(=O)OCC1O[C@@H](OC2=CC[C@@]3(C)C(CC[C@]4(C)C3CC(=O)C3C([C@@](C)(O)CCC=C(C)C)CC[C@]34C)C2(C)C)C(OC(C)=O)C(OC(C)=O)[C@@H]1O. The van der Waals surface area contributed by atoms with Crippen LogP contribution in [0.3, 0.4) is 0 Å². The summed E-state index contributed by atoms with van der Waals surface area (Å²) in [5, 5.41) is 23.0. The number of hydrogen-bond donors (Lipinski definition) is 2. The van der Waals surface area contributed by atoms with E-state index in [2.05, 4.69) is 60.6 Å². The molecule has 0 spiro atoms. The first-order valence-corrected chi connectivity index (χ1v) is 19.6. The molecular weight excluding hydrogens is 680 g/mol. The van der Waals surface area contributed by atoms with Gasteiger partial charge in [0.2, 0.25) is 12.4 Å². The highest BCUT2D eigenvalue weighted by Gasteiger charge is 2.71. The predicted molar refractivity (Wildman–Crippen MR) is 196 cm³/mol. The monoisotopic (exact) mass is 744 g/mol. The zero-order valence-electron chi connectivity index (χ0n) is 33.8. The molecule has 2 N–H and O–H groups in total. The number of carbonyl (C=O) groups is 4. The first kappa shape index (κ1) is 41.4. The van der Waals surface area contributed by atoms with Gasteiger partial charge >= 0.3 is 17.9 Å². The normalized spacial score (nSPS) is 41.3. The minimum Gasteiger partial charge on any atom is -0.465 e. The molecule has 3 saturated carbocycles. The van der Waals surface area contributed by atoms with Gasteiger partial charge in [0.1, 0.15) is 30.4 Å². The van der Waals surface area contributed by atoms with E-state index in [1.54, 1.807) is 0 Å². The van der Waals surface area contributed by atoms with Crippen molar-refractivity contribution in [1.82, 2.24) is 0 Å². The lowest BCUT2D eigenvalue weighted by atomic mass is 9.36. The van der Waals surface area contributed by atoms with Crippen molar-refractivity contribution in [3.05, 3.63) is 23.5 Å². The molecule has 7 unspecified atom stereocenters. The smallest absolute Gasteiger partial charge is 0.303 e. The Morgan fingerprint density at radius 1 is 0.925 bits per heavy atom. The van der Waals surface area contributed by atoms with Gasteiger partial charge in [-0.25, -0.2) is 0 Å². The largest absolute Gasteiger partial charge is 0.465 e. The molecule has 0 aromatic carbocycles. The van der Waals surface area contributed by atoms with E-state index in [9.17, 15) is 29.4 Å². The molecule has 11 heteroatoms. The van der Waals surface area contributed by atoms with Crippen LogP contribution in [0.4, 0.5) is 0 Å². The summed E-state index contributed by atoms with van der Waals surface area (Å²) in [4.78, 5) is 50.6. The van der Waals surface area contributed by atoms with Gasteiger partial charge in [0.05, 0.1) is 5.60 Å². The van der Waals surface area contributed by atoms with Crippen LogP contribution >= 0.6 is 0 Å². The molecule has 4 fully saturated rings. The number of carbonyl (C=O) groups excluding carboxylic acids is 4. The van der Waals surface area contributed by atoms with Crippen molar-refractivity contribution in [1.29, 1.82) is 0 Å². The van der Waals surface area contributed by atoms with Crippen LogP contribution in [0, 0.1) is 45.3 Å². The molecule has 11 nitrogen and oxygen atoms in total. The average molecular weight is 745 g/mol. The van der Waals surface area contributed by atoms with Crippen molar-refractivity contribution in [3.8, 4) is 0 Å². The second kappa shape index (κ2) is 14.7. The average Bonchev–Trinajstić information content (AvgIpc) is 3.42. The third-order valence-corrected chi connectivity index (χ3v) is 14.6. The fourth-order valence-corrected chi connectivity index (χ4v) is 11.8. The van der Waals surface area contributed by atoms with E-state index in [4.69, 9.17) is 23.7 Å². The zero-order valence-corrected chi connectivity index (χ0v) is 33.8. The van der Waals surface area contributed by atoms with Crippen molar-refractivity contribution in [2.24, 2.45) is 45.3 Å². The summed E-state index contributed by atoms with van der Waals surface area (Å²) in [5.41, 5.74) is -0.851. The van der Waals surface area contributed by atoms with Crippen LogP contribution in [0.2, 0.25) is 0 Å². The van der Waals surface area contributed by atoms with Crippen LogP contribution in [0.25, 0.3) is 0 Å². The van der Waals surface area contributed by atoms with Crippen molar-refractivity contribution >= 4 is 23.7 Å². The Kier molecular flexibility index (Phi) is 11.5. The standard InChI is InChI=1S/C42H64O11/c1-23(2)13-12-17-42(11,48)27-14-19-41(10)33(27)28(46)21-31-39(8)18-16-32(38(6,7)30(39)15-20-40(31,41)9)53-37-36(51-26(5)45)35(50-25(4)44)34(47)29(52-37)22-49-24(3)43/h13,16,27,29-31,33-37,47-48H,12,14-15,17-22H2,1-11H3/t27?,29?,30?,31?,33?,34-,35?,36?,37+,39+,40-,41-,42+/m1/s1. The molecule has 0 amide bonds. The molecule has 0 bridgehead atoms. The van der Waals surface area contributed by atoms with Crippen LogP contribution in [0.1, 0.15) is 128 Å². The van der Waals surface area contributed by atoms with E-state index in [1.165, 1.54) is 26.3 Å². The van der Waals surface area contributed by atoms with Crippen LogP contribution in [0.5, 0.6) is 0 Å². The van der Waals surface area contributed by atoms with Crippen molar-refractivity contribution < 1.29 is 53.1 Å². The van der Waals surface area contributed by atoms with Crippen molar-refractivity contribution in [2.75, 3.05) is 6.61 Å². The predicted octanol–water partition coefficient (Wildman–Crippen LogP) is 6.37. The summed E-state index contributed by atoms with van der Waals surface area (Å²) >= 11 is 0. The van der Waals surface area contributed by atoms with Crippen LogP contribution < -0.4 is 0 Å². The van der Waals surface area contributed by atoms with Crippen LogP contribution in [-0.2, 0) is 42.9 Å². The zero-order chi connectivity index (χ0) is 39.5. The van der Waals surface area contributed by atoms with E-state index in [-0.39, 0.29) is 52.3 Å². The Labute approximate surface area is 315 Å². The highest BCUT2D eigenvalue weighted by atomic mass is 16.7. The number of Topliss-reactive ketones (excluding diaryl/α,β-unsaturated/α-hetero) is 1. The van der Waals surface area contributed by atoms with E-state index >= 15 is 0 Å². The molecule has 298 valence electrons. The number of aliphatic hydroxyl groups excluding tert-OH is 1. The van der Waals surface area contributed by atoms with E-state index in [0.29, 0.717) is 25.0 Å². The molecule has 53 heavy (non-hydrogen) atoms. The molecule has 5 aliphatic rings. The van der Waals surface area contributed by atoms with E-state index in [1.807, 2.05) is 6.92 Å². The lowest BCUT2D eigenvalue weighted by molar-refractivity contribution is -0.303. The van der Waals surface area contributed by atoms with Gasteiger partial charge in [-0.2, -0.15) is 0 Å². The number of aliphatic hydroxyl groups is 2. The van der Waals surface area contributed by atoms with Gasteiger partial charge < -0.3 is 33.9 Å². The Morgan fingerprint density at radius 3 is 2.15 bits per heavy atom. The maximum Gasteiger partial charge on any atom is 0.303 e. The second-order valence-electron chi connectivity index (χ2n) is 18.6. The number of esters is 3. The summed E-state index contributed by atoms with van der Waals surface area (Å²) in [6, 6.07) is 0. The highest BCUT2D eigenvalue weighted by molar-refractivity contribution is 5.84. The molecule has 1 saturated heterocycles. The molecule has 5 rings (SSSR count). The van der Waals surface area contributed by atoms with Gasteiger partial charge in [-0.15, -0.1) is 0 Å². The molecular formula is C42H64O11. The molecule has 0 radical (unpaired) electrons. The molecule has 4 aliphatic carbocycles. The van der Waals surface area contributed by atoms with Crippen molar-refractivity contribution in [2.45, 2.75) is 164 Å². The van der Waals surface area contributed by atoms with E-state index < -0.39 is 59.6 Å². The third-order valence-electron chi connectivity index (χ3n) is 14.6. The molecule has 0 aromatic rings. The third kappa shape index (κ3) is 7.35. The molecule has 1 aliphatic heterocycles. The quantitative estimate of drug-likeness (QED) is 0.146. The molecule has 1 heterocycles. The second-order valence-corrected chi connectivity index (χ2v) is 18.6. The summed E-state index contributed by atoms with van der Waals surface area (Å²) in [6.07, 6.45) is 3.84. The Morgan fingerprint density at radius 2 is 1.55 bits per heavy atom. The summed E-state index contributed by atoms with van der Waals surface area (Å²) < 4.78 is 29.0. The Hall–Kier alpha value is -2.76. The fraction of sp³-hybridized carbons (Fsp3) is 0.810. The number of allylic oxidation sites excluding steroid dienone is 4. The summed E-state index contributed by atoms with van der Waals surface area (Å²) in [7, 11) is 0. The molecule has 13 atom stereocenters. The van der Waals surface area contributed by atoms with Crippen LogP contribution in [0.15, 0.2) is 23.5 Å². The van der Waals surface area contributed by atoms with E-state index in [0.717, 1.165) is 32.1 Å². The number of ketones is 1.